The number of rotatable bonds is 1. The van der Waals surface area contributed by atoms with Crippen molar-refractivity contribution < 1.29 is 26.7 Å². The first kappa shape index (κ1) is 14.6. The van der Waals surface area contributed by atoms with Gasteiger partial charge in [0.05, 0.1) is 0 Å². The largest absolute Gasteiger partial charge is 0.307 e. The molecule has 0 unspecified atom stereocenters. The van der Waals surface area contributed by atoms with E-state index in [0.29, 0.717) is 0 Å². The Hall–Kier alpha value is -0.940. The van der Waals surface area contributed by atoms with Gasteiger partial charge in [0.15, 0.2) is 0 Å². The van der Waals surface area contributed by atoms with Gasteiger partial charge < -0.3 is 4.79 Å². The van der Waals surface area contributed by atoms with Gasteiger partial charge in [0.2, 0.25) is 5.83 Å². The molecule has 0 rings (SSSR count). The van der Waals surface area contributed by atoms with E-state index in [2.05, 4.69) is 0 Å². The number of halogens is 5. The number of carbonyl (C=O) groups is 1. The summed E-state index contributed by atoms with van der Waals surface area (Å²) in [5.74, 6) is -6.55. The van der Waals surface area contributed by atoms with Gasteiger partial charge in [-0.2, -0.15) is 22.0 Å². The van der Waals surface area contributed by atoms with Crippen molar-refractivity contribution in [2.24, 2.45) is 0 Å². The summed E-state index contributed by atoms with van der Waals surface area (Å²) in [4.78, 5) is 9.44. The van der Waals surface area contributed by atoms with Crippen molar-refractivity contribution in [3.63, 3.8) is 0 Å². The summed E-state index contributed by atoms with van der Waals surface area (Å²) in [7, 11) is 0. The maximum Gasteiger partial charge on any atom is 0.307 e. The van der Waals surface area contributed by atoms with Crippen LogP contribution in [0.2, 0.25) is 0 Å². The number of Topliss-reactive ketones (excluding diaryl/α,β-unsaturated/α-hetero) is 1. The molecular weight excluding hydrogens is 195 g/mol. The highest BCUT2D eigenvalue weighted by Crippen LogP contribution is 2.27. The van der Waals surface area contributed by atoms with Gasteiger partial charge in [-0.1, -0.05) is 0 Å². The van der Waals surface area contributed by atoms with Gasteiger partial charge in [-0.25, -0.2) is 0 Å². The Balaban J connectivity index is 0. The Morgan fingerprint density at radius 2 is 1.31 bits per heavy atom. The summed E-state index contributed by atoms with van der Waals surface area (Å²) in [6.07, 6.45) is -2.97. The Kier molecular flexibility index (Phi) is 6.35. The number of hydrogen-bond acceptors (Lipinski definition) is 1. The Morgan fingerprint density at radius 1 is 1.08 bits per heavy atom. The quantitative estimate of drug-likeness (QED) is 0.599. The summed E-state index contributed by atoms with van der Waals surface area (Å²) in [5, 5.41) is 0. The molecule has 0 aromatic rings. The lowest BCUT2D eigenvalue weighted by atomic mass is 10.3. The predicted molar refractivity (Wildman–Crippen MR) is 37.3 cm³/mol. The number of carbonyl (C=O) groups excluding carboxylic acids is 1. The summed E-state index contributed by atoms with van der Waals surface area (Å²) >= 11 is 0. The molecule has 0 bridgehead atoms. The summed E-state index contributed by atoms with van der Waals surface area (Å²) in [6.45, 7) is 3.11. The Bertz CT molecular complexity index is 195. The average Bonchev–Trinajstić information content (AvgIpc) is 1.82. The van der Waals surface area contributed by atoms with Crippen molar-refractivity contribution in [2.45, 2.75) is 26.7 Å². The number of hydrogen-bond donors (Lipinski definition) is 0. The number of alkyl halides is 2. The molecule has 6 heteroatoms. The molecule has 0 aliphatic carbocycles. The third kappa shape index (κ3) is 11.1. The molecule has 0 fully saturated rings. The minimum atomic E-state index is -4.06. The molecule has 0 heterocycles. The average molecular weight is 204 g/mol. The zero-order valence-electron chi connectivity index (χ0n) is 7.30. The lowest BCUT2D eigenvalue weighted by Gasteiger charge is -2.03. The Labute approximate surface area is 72.2 Å². The lowest BCUT2D eigenvalue weighted by molar-refractivity contribution is -0.114. The number of allylic oxidation sites excluding steroid dienone is 1. The van der Waals surface area contributed by atoms with Crippen LogP contribution in [-0.2, 0) is 4.79 Å². The van der Waals surface area contributed by atoms with E-state index >= 15 is 0 Å². The van der Waals surface area contributed by atoms with E-state index in [1.54, 1.807) is 0 Å². The van der Waals surface area contributed by atoms with Crippen LogP contribution in [0.3, 0.4) is 0 Å². The van der Waals surface area contributed by atoms with Crippen molar-refractivity contribution in [3.8, 4) is 0 Å². The van der Waals surface area contributed by atoms with Gasteiger partial charge in [-0.05, 0) is 13.8 Å². The Morgan fingerprint density at radius 3 is 1.31 bits per heavy atom. The van der Waals surface area contributed by atoms with Crippen LogP contribution in [-0.4, -0.2) is 11.7 Å². The topological polar surface area (TPSA) is 17.1 Å². The molecule has 0 aliphatic rings. The van der Waals surface area contributed by atoms with Crippen LogP contribution in [0.15, 0.2) is 11.9 Å². The van der Waals surface area contributed by atoms with Crippen LogP contribution in [0, 0.1) is 0 Å². The van der Waals surface area contributed by atoms with Crippen LogP contribution in [0.1, 0.15) is 20.8 Å². The van der Waals surface area contributed by atoms with E-state index in [-0.39, 0.29) is 12.7 Å². The van der Waals surface area contributed by atoms with Crippen molar-refractivity contribution in [1.82, 2.24) is 0 Å². The molecule has 1 nitrogen and oxygen atoms in total. The van der Waals surface area contributed by atoms with E-state index in [0.717, 1.165) is 0 Å². The van der Waals surface area contributed by atoms with Crippen LogP contribution in [0.4, 0.5) is 22.0 Å². The first-order chi connectivity index (χ1) is 5.59. The molecule has 0 amide bonds. The molecule has 0 aliphatic heterocycles. The maximum atomic E-state index is 11.5. The fourth-order valence-electron chi connectivity index (χ4n) is 0.166. The van der Waals surface area contributed by atoms with Crippen LogP contribution >= 0.6 is 0 Å². The second-order valence-corrected chi connectivity index (χ2v) is 2.37. The summed E-state index contributed by atoms with van der Waals surface area (Å²) in [6, 6.07) is 0. The van der Waals surface area contributed by atoms with Crippen LogP contribution in [0.5, 0.6) is 0 Å². The molecule has 78 valence electrons. The first-order valence-corrected chi connectivity index (χ1v) is 3.15. The van der Waals surface area contributed by atoms with E-state index in [1.165, 1.54) is 13.8 Å². The first-order valence-electron chi connectivity index (χ1n) is 3.15. The van der Waals surface area contributed by atoms with Crippen molar-refractivity contribution in [2.75, 3.05) is 0 Å². The zero-order chi connectivity index (χ0) is 11.2. The standard InChI is InChI=1S/C4H3F5.C3H6O/c1-4(8,9)2(5)3(6)7;1-3(2)4/h1H3;1-2H3. The molecule has 0 aromatic carbocycles. The van der Waals surface area contributed by atoms with E-state index in [9.17, 15) is 26.7 Å². The van der Waals surface area contributed by atoms with E-state index in [4.69, 9.17) is 0 Å². The van der Waals surface area contributed by atoms with Gasteiger partial charge in [-0.3, -0.25) is 0 Å². The molecule has 0 radical (unpaired) electrons. The molecule has 0 N–H and O–H groups in total. The zero-order valence-corrected chi connectivity index (χ0v) is 7.30. The molecule has 0 atom stereocenters. The molecule has 0 saturated carbocycles. The van der Waals surface area contributed by atoms with Gasteiger partial charge in [-0.15, -0.1) is 0 Å². The third-order valence-corrected chi connectivity index (χ3v) is 0.551. The van der Waals surface area contributed by atoms with Crippen LogP contribution in [0.25, 0.3) is 0 Å². The highest BCUT2D eigenvalue weighted by atomic mass is 19.3. The SMILES string of the molecule is CC(C)=O.CC(F)(F)C(F)=C(F)F. The fraction of sp³-hybridized carbons (Fsp3) is 0.571. The minimum absolute atomic E-state index is 0.0570. The molecular formula is C7H9F5O. The van der Waals surface area contributed by atoms with Gasteiger partial charge in [0.25, 0.3) is 0 Å². The van der Waals surface area contributed by atoms with E-state index in [1.807, 2.05) is 0 Å². The molecule has 0 aromatic heterocycles. The smallest absolute Gasteiger partial charge is 0.300 e. The van der Waals surface area contributed by atoms with Gasteiger partial charge in [0, 0.05) is 6.92 Å². The summed E-state index contributed by atoms with van der Waals surface area (Å²) in [5.41, 5.74) is 0. The van der Waals surface area contributed by atoms with Gasteiger partial charge >= 0.3 is 12.0 Å². The fourth-order valence-corrected chi connectivity index (χ4v) is 0.166. The monoisotopic (exact) mass is 204 g/mol. The maximum absolute atomic E-state index is 11.5. The molecule has 0 spiro atoms. The second kappa shape index (κ2) is 5.66. The van der Waals surface area contributed by atoms with Gasteiger partial charge in [0.1, 0.15) is 5.78 Å². The van der Waals surface area contributed by atoms with Crippen LogP contribution < -0.4 is 0 Å². The number of ketones is 1. The highest BCUT2D eigenvalue weighted by molar-refractivity contribution is 5.72. The summed E-state index contributed by atoms with van der Waals surface area (Å²) < 4.78 is 56.2. The minimum Gasteiger partial charge on any atom is -0.300 e. The molecule has 13 heavy (non-hydrogen) atoms. The second-order valence-electron chi connectivity index (χ2n) is 2.37. The van der Waals surface area contributed by atoms with Crippen molar-refractivity contribution in [3.05, 3.63) is 11.9 Å². The van der Waals surface area contributed by atoms with Crippen molar-refractivity contribution in [1.29, 1.82) is 0 Å². The predicted octanol–water partition coefficient (Wildman–Crippen LogP) is 3.31. The van der Waals surface area contributed by atoms with Crippen molar-refractivity contribution >= 4 is 5.78 Å². The third-order valence-electron chi connectivity index (χ3n) is 0.551. The highest BCUT2D eigenvalue weighted by Gasteiger charge is 2.32. The molecule has 0 saturated heterocycles. The normalized spacial score (nSPS) is 9.85. The lowest BCUT2D eigenvalue weighted by Crippen LogP contribution is -2.10. The van der Waals surface area contributed by atoms with E-state index < -0.39 is 17.8 Å².